The van der Waals surface area contributed by atoms with Gasteiger partial charge in [-0.15, -0.1) is 0 Å². The van der Waals surface area contributed by atoms with Crippen LogP contribution in [0.1, 0.15) is 84.0 Å². The van der Waals surface area contributed by atoms with Crippen molar-refractivity contribution in [1.82, 2.24) is 0 Å². The SMILES string of the molecule is CCCCCCCCCCCCCC(OC)C([Si])(OC)OC. The van der Waals surface area contributed by atoms with Crippen LogP contribution in [-0.2, 0) is 14.2 Å². The Morgan fingerprint density at radius 3 is 1.50 bits per heavy atom. The summed E-state index contributed by atoms with van der Waals surface area (Å²) in [5, 5.41) is 0. The fourth-order valence-electron chi connectivity index (χ4n) is 2.80. The van der Waals surface area contributed by atoms with Gasteiger partial charge in [0.1, 0.15) is 16.3 Å². The molecule has 0 aliphatic heterocycles. The molecule has 0 fully saturated rings. The quantitative estimate of drug-likeness (QED) is 0.231. The van der Waals surface area contributed by atoms with Crippen LogP contribution in [0.3, 0.4) is 0 Å². The van der Waals surface area contributed by atoms with Crippen LogP contribution in [-0.4, -0.2) is 43.1 Å². The lowest BCUT2D eigenvalue weighted by Crippen LogP contribution is -2.47. The number of ether oxygens (including phenoxy) is 3. The molecule has 1 atom stereocenters. The van der Waals surface area contributed by atoms with Crippen LogP contribution in [0.25, 0.3) is 0 Å². The van der Waals surface area contributed by atoms with Gasteiger partial charge < -0.3 is 14.2 Å². The summed E-state index contributed by atoms with van der Waals surface area (Å²) in [5.41, 5.74) is -0.826. The van der Waals surface area contributed by atoms with Crippen molar-refractivity contribution in [1.29, 1.82) is 0 Å². The molecule has 0 bridgehead atoms. The summed E-state index contributed by atoms with van der Waals surface area (Å²) in [6, 6.07) is 0. The van der Waals surface area contributed by atoms with E-state index in [2.05, 4.69) is 17.2 Å². The van der Waals surface area contributed by atoms with Crippen LogP contribution in [0, 0.1) is 0 Å². The summed E-state index contributed by atoms with van der Waals surface area (Å²) in [4.78, 5) is 0. The van der Waals surface area contributed by atoms with Gasteiger partial charge in [0.25, 0.3) is 0 Å². The normalized spacial score (nSPS) is 13.5. The van der Waals surface area contributed by atoms with Crippen molar-refractivity contribution in [2.75, 3.05) is 21.3 Å². The molecule has 22 heavy (non-hydrogen) atoms. The highest BCUT2D eigenvalue weighted by Crippen LogP contribution is 2.21. The van der Waals surface area contributed by atoms with Gasteiger partial charge in [0.2, 0.25) is 0 Å². The summed E-state index contributed by atoms with van der Waals surface area (Å²) < 4.78 is 16.2. The molecule has 0 saturated heterocycles. The Bertz CT molecular complexity index is 232. The first-order valence-electron chi connectivity index (χ1n) is 9.02. The zero-order valence-electron chi connectivity index (χ0n) is 15.3. The average Bonchev–Trinajstić information content (AvgIpc) is 2.55. The van der Waals surface area contributed by atoms with E-state index in [-0.39, 0.29) is 6.10 Å². The maximum Gasteiger partial charge on any atom is 0.168 e. The molecule has 0 aromatic rings. The highest BCUT2D eigenvalue weighted by molar-refractivity contribution is 6.13. The molecule has 0 N–H and O–H groups in total. The highest BCUT2D eigenvalue weighted by atomic mass is 28.1. The van der Waals surface area contributed by atoms with Gasteiger partial charge in [-0.25, -0.2) is 0 Å². The largest absolute Gasteiger partial charge is 0.376 e. The second kappa shape index (κ2) is 14.7. The van der Waals surface area contributed by atoms with E-state index in [1.165, 1.54) is 64.2 Å². The van der Waals surface area contributed by atoms with E-state index < -0.39 is 5.41 Å². The zero-order chi connectivity index (χ0) is 16.7. The third-order valence-electron chi connectivity index (χ3n) is 4.38. The molecule has 3 radical (unpaired) electrons. The van der Waals surface area contributed by atoms with E-state index >= 15 is 0 Å². The van der Waals surface area contributed by atoms with Crippen molar-refractivity contribution in [3.8, 4) is 0 Å². The molecule has 0 spiro atoms. The predicted octanol–water partition coefficient (Wildman–Crippen LogP) is 4.82. The van der Waals surface area contributed by atoms with Crippen LogP contribution in [0.4, 0.5) is 0 Å². The van der Waals surface area contributed by atoms with Crippen LogP contribution >= 0.6 is 0 Å². The van der Waals surface area contributed by atoms with Crippen molar-refractivity contribution >= 4 is 10.2 Å². The van der Waals surface area contributed by atoms with E-state index in [0.717, 1.165) is 12.8 Å². The number of hydrogen-bond donors (Lipinski definition) is 0. The van der Waals surface area contributed by atoms with Crippen LogP contribution in [0.2, 0.25) is 0 Å². The van der Waals surface area contributed by atoms with Crippen molar-refractivity contribution in [2.45, 2.75) is 95.5 Å². The first-order chi connectivity index (χ1) is 10.6. The number of hydrogen-bond acceptors (Lipinski definition) is 3. The topological polar surface area (TPSA) is 27.7 Å². The Labute approximate surface area is 141 Å². The molecule has 0 aromatic heterocycles. The van der Waals surface area contributed by atoms with Gasteiger partial charge in [0.05, 0.1) is 0 Å². The second-order valence-electron chi connectivity index (χ2n) is 6.12. The Morgan fingerprint density at radius 2 is 1.14 bits per heavy atom. The molecule has 3 nitrogen and oxygen atoms in total. The van der Waals surface area contributed by atoms with Crippen LogP contribution < -0.4 is 0 Å². The summed E-state index contributed by atoms with van der Waals surface area (Å²) in [7, 11) is 8.49. The van der Waals surface area contributed by atoms with Crippen LogP contribution in [0.15, 0.2) is 0 Å². The van der Waals surface area contributed by atoms with E-state index in [1.54, 1.807) is 21.3 Å². The van der Waals surface area contributed by atoms with Gasteiger partial charge in [0.15, 0.2) is 5.41 Å². The molecule has 0 saturated carbocycles. The summed E-state index contributed by atoms with van der Waals surface area (Å²) in [6.07, 6.45) is 15.7. The first-order valence-corrected chi connectivity index (χ1v) is 9.52. The van der Waals surface area contributed by atoms with Gasteiger partial charge in [-0.2, -0.15) is 0 Å². The first kappa shape index (κ1) is 22.1. The highest BCUT2D eigenvalue weighted by Gasteiger charge is 2.33. The minimum absolute atomic E-state index is 0.0854. The molecule has 0 aliphatic carbocycles. The van der Waals surface area contributed by atoms with E-state index in [4.69, 9.17) is 14.2 Å². The maximum absolute atomic E-state index is 5.49. The molecule has 0 aromatic carbocycles. The minimum atomic E-state index is -0.826. The van der Waals surface area contributed by atoms with Gasteiger partial charge in [0, 0.05) is 21.3 Å². The molecule has 0 rings (SSSR count). The lowest BCUT2D eigenvalue weighted by Gasteiger charge is -2.34. The van der Waals surface area contributed by atoms with Crippen molar-refractivity contribution in [3.63, 3.8) is 0 Å². The average molecular weight is 330 g/mol. The third kappa shape index (κ3) is 9.98. The van der Waals surface area contributed by atoms with E-state index in [9.17, 15) is 0 Å². The molecule has 131 valence electrons. The zero-order valence-corrected chi connectivity index (χ0v) is 16.3. The number of unbranched alkanes of at least 4 members (excludes halogenated alkanes) is 10. The molecule has 4 heteroatoms. The van der Waals surface area contributed by atoms with Crippen molar-refractivity contribution in [3.05, 3.63) is 0 Å². The Hall–Kier alpha value is 0.0969. The third-order valence-corrected chi connectivity index (χ3v) is 5.11. The molecule has 0 heterocycles. The lowest BCUT2D eigenvalue weighted by molar-refractivity contribution is -0.209. The van der Waals surface area contributed by atoms with E-state index in [1.807, 2.05) is 0 Å². The monoisotopic (exact) mass is 329 g/mol. The molecular formula is C18H37O3Si. The van der Waals surface area contributed by atoms with E-state index in [0.29, 0.717) is 0 Å². The Kier molecular flexibility index (Phi) is 14.7. The van der Waals surface area contributed by atoms with Gasteiger partial charge in [-0.05, 0) is 6.42 Å². The van der Waals surface area contributed by atoms with Gasteiger partial charge in [-0.1, -0.05) is 77.6 Å². The second-order valence-corrected chi connectivity index (χ2v) is 6.82. The molecule has 1 unspecified atom stereocenters. The Morgan fingerprint density at radius 1 is 0.727 bits per heavy atom. The van der Waals surface area contributed by atoms with Gasteiger partial charge >= 0.3 is 0 Å². The standard InChI is InChI=1S/C18H37O3Si/c1-5-6-7-8-9-10-11-12-13-14-15-16-17(19-2)18(22,20-3)21-4/h17H,5-16H2,1-4H3. The van der Waals surface area contributed by atoms with Crippen molar-refractivity contribution in [2.24, 2.45) is 0 Å². The molecular weight excluding hydrogens is 292 g/mol. The predicted molar refractivity (Wildman–Crippen MR) is 94.4 cm³/mol. The fraction of sp³-hybridized carbons (Fsp3) is 1.00. The summed E-state index contributed by atoms with van der Waals surface area (Å²) >= 11 is 0. The van der Waals surface area contributed by atoms with Gasteiger partial charge in [-0.3, -0.25) is 0 Å². The minimum Gasteiger partial charge on any atom is -0.376 e. The molecule has 0 aliphatic rings. The fourth-order valence-corrected chi connectivity index (χ4v) is 3.07. The van der Waals surface area contributed by atoms with Crippen molar-refractivity contribution < 1.29 is 14.2 Å². The smallest absolute Gasteiger partial charge is 0.168 e. The summed E-state index contributed by atoms with van der Waals surface area (Å²) in [5.74, 6) is 0. The number of methoxy groups -OCH3 is 3. The molecule has 0 amide bonds. The Balaban J connectivity index is 3.51. The number of rotatable bonds is 16. The maximum atomic E-state index is 5.49. The summed E-state index contributed by atoms with van der Waals surface area (Å²) in [6.45, 7) is 2.27. The lowest BCUT2D eigenvalue weighted by atomic mass is 10.0. The van der Waals surface area contributed by atoms with Crippen LogP contribution in [0.5, 0.6) is 0 Å².